The highest BCUT2D eigenvalue weighted by atomic mass is 32.2. The number of β-lactam (4-membered cyclic amide) rings is 1. The van der Waals surface area contributed by atoms with Crippen LogP contribution < -0.4 is 11.1 Å². The molecule has 32 heavy (non-hydrogen) atoms. The van der Waals surface area contributed by atoms with Crippen molar-refractivity contribution in [1.29, 1.82) is 0 Å². The summed E-state index contributed by atoms with van der Waals surface area (Å²) >= 11 is 1.43. The molecular weight excluding hydrogens is 430 g/mol. The summed E-state index contributed by atoms with van der Waals surface area (Å²) in [5.74, 6) is -1.74. The molecular formula is C23H39N3O5S. The molecule has 1 aliphatic carbocycles. The monoisotopic (exact) mass is 469 g/mol. The first kappa shape index (κ1) is 29.7. The summed E-state index contributed by atoms with van der Waals surface area (Å²) in [6.45, 7) is 13.4. The van der Waals surface area contributed by atoms with Gasteiger partial charge in [-0.05, 0) is 32.3 Å². The van der Waals surface area contributed by atoms with Gasteiger partial charge in [0.2, 0.25) is 17.7 Å². The molecule has 0 aromatic heterocycles. The Kier molecular flexibility index (Phi) is 13.0. The number of carbonyl (C=O) groups excluding carboxylic acids is 3. The van der Waals surface area contributed by atoms with Crippen LogP contribution in [0.2, 0.25) is 0 Å². The van der Waals surface area contributed by atoms with E-state index in [1.807, 2.05) is 59.8 Å². The van der Waals surface area contributed by atoms with Gasteiger partial charge in [0.25, 0.3) is 0 Å². The van der Waals surface area contributed by atoms with Crippen LogP contribution in [-0.4, -0.2) is 55.9 Å². The molecule has 3 atom stereocenters. The maximum absolute atomic E-state index is 12.3. The zero-order valence-electron chi connectivity index (χ0n) is 20.3. The number of amides is 3. The van der Waals surface area contributed by atoms with Gasteiger partial charge in [0.1, 0.15) is 17.5 Å². The first-order chi connectivity index (χ1) is 15.1. The molecule has 0 aromatic carbocycles. The number of primary amides is 1. The van der Waals surface area contributed by atoms with E-state index in [0.717, 1.165) is 18.4 Å². The highest BCUT2D eigenvalue weighted by molar-refractivity contribution is 8.01. The lowest BCUT2D eigenvalue weighted by Crippen LogP contribution is -2.70. The summed E-state index contributed by atoms with van der Waals surface area (Å²) in [4.78, 5) is 46.8. The molecule has 182 valence electrons. The number of nitrogens with one attached hydrogen (secondary N) is 1. The van der Waals surface area contributed by atoms with Crippen molar-refractivity contribution >= 4 is 35.5 Å². The fraction of sp³-hybridized carbons (Fsp3) is 0.652. The van der Waals surface area contributed by atoms with Gasteiger partial charge < -0.3 is 21.1 Å². The van der Waals surface area contributed by atoms with Crippen LogP contribution in [0.15, 0.2) is 23.8 Å². The number of rotatable bonds is 5. The molecule has 4 N–H and O–H groups in total. The molecule has 2 heterocycles. The van der Waals surface area contributed by atoms with E-state index in [0.29, 0.717) is 6.42 Å². The van der Waals surface area contributed by atoms with Crippen LogP contribution in [0.3, 0.4) is 0 Å². The molecule has 0 radical (unpaired) electrons. The third-order valence-corrected chi connectivity index (χ3v) is 6.35. The highest BCUT2D eigenvalue weighted by Crippen LogP contribution is 2.50. The minimum atomic E-state index is -0.999. The smallest absolute Gasteiger partial charge is 0.327 e. The van der Waals surface area contributed by atoms with E-state index < -0.39 is 22.8 Å². The van der Waals surface area contributed by atoms with Crippen molar-refractivity contribution in [3.8, 4) is 0 Å². The van der Waals surface area contributed by atoms with Crippen LogP contribution in [0.4, 0.5) is 0 Å². The normalized spacial score (nSPS) is 24.0. The molecule has 8 nitrogen and oxygen atoms in total. The SMILES string of the molecule is CC.CC.CC1(C)SC2[C@@H](NC(=O)CC3=CCCC=C3)C(=O)N2[C@@H]1C(=O)O.CCC(N)=O. The number of fused-ring (bicyclic) bond motifs is 1. The van der Waals surface area contributed by atoms with E-state index in [1.54, 1.807) is 6.92 Å². The number of carboxylic acids is 1. The maximum Gasteiger partial charge on any atom is 0.327 e. The van der Waals surface area contributed by atoms with E-state index >= 15 is 0 Å². The lowest BCUT2D eigenvalue weighted by molar-refractivity contribution is -0.161. The van der Waals surface area contributed by atoms with Crippen molar-refractivity contribution in [1.82, 2.24) is 10.2 Å². The van der Waals surface area contributed by atoms with Crippen LogP contribution in [0, 0.1) is 0 Å². The Morgan fingerprint density at radius 2 is 1.78 bits per heavy atom. The average molecular weight is 470 g/mol. The molecule has 3 aliphatic rings. The third-order valence-electron chi connectivity index (χ3n) is 4.78. The topological polar surface area (TPSA) is 130 Å². The maximum atomic E-state index is 12.3. The van der Waals surface area contributed by atoms with E-state index in [9.17, 15) is 24.3 Å². The second kappa shape index (κ2) is 14.0. The van der Waals surface area contributed by atoms with Crippen molar-refractivity contribution in [2.45, 2.75) is 96.4 Å². The van der Waals surface area contributed by atoms with Gasteiger partial charge in [0.05, 0.1) is 6.42 Å². The van der Waals surface area contributed by atoms with Gasteiger partial charge in [-0.25, -0.2) is 4.79 Å². The molecule has 2 fully saturated rings. The van der Waals surface area contributed by atoms with Crippen LogP contribution >= 0.6 is 11.8 Å². The van der Waals surface area contributed by atoms with Crippen LogP contribution in [-0.2, 0) is 19.2 Å². The second-order valence-electron chi connectivity index (χ2n) is 7.40. The average Bonchev–Trinajstić information content (AvgIpc) is 3.04. The van der Waals surface area contributed by atoms with Gasteiger partial charge in [-0.2, -0.15) is 0 Å². The van der Waals surface area contributed by atoms with Gasteiger partial charge in [0, 0.05) is 11.2 Å². The van der Waals surface area contributed by atoms with Crippen molar-refractivity contribution in [3.05, 3.63) is 23.8 Å². The largest absolute Gasteiger partial charge is 0.480 e. The van der Waals surface area contributed by atoms with Crippen LogP contribution in [0.5, 0.6) is 0 Å². The zero-order valence-corrected chi connectivity index (χ0v) is 21.1. The summed E-state index contributed by atoms with van der Waals surface area (Å²) in [6.07, 6.45) is 8.62. The number of hydrogen-bond donors (Lipinski definition) is 3. The van der Waals surface area contributed by atoms with Gasteiger partial charge in [-0.3, -0.25) is 14.4 Å². The molecule has 0 spiro atoms. The van der Waals surface area contributed by atoms with E-state index in [4.69, 9.17) is 0 Å². The number of aliphatic carboxylic acids is 1. The molecule has 9 heteroatoms. The van der Waals surface area contributed by atoms with Gasteiger partial charge in [0.15, 0.2) is 0 Å². The summed E-state index contributed by atoms with van der Waals surface area (Å²) in [7, 11) is 0. The first-order valence-corrected chi connectivity index (χ1v) is 12.1. The molecule has 3 rings (SSSR count). The molecule has 3 amide bonds. The molecule has 0 saturated carbocycles. The van der Waals surface area contributed by atoms with E-state index in [2.05, 4.69) is 11.1 Å². The van der Waals surface area contributed by atoms with Crippen LogP contribution in [0.1, 0.15) is 74.1 Å². The van der Waals surface area contributed by atoms with Crippen molar-refractivity contribution in [2.75, 3.05) is 0 Å². The second-order valence-corrected chi connectivity index (χ2v) is 9.17. The molecule has 2 saturated heterocycles. The lowest BCUT2D eigenvalue weighted by Gasteiger charge is -2.43. The minimum absolute atomic E-state index is 0.196. The number of allylic oxidation sites excluding steroid dienone is 3. The lowest BCUT2D eigenvalue weighted by atomic mass is 9.96. The Bertz CT molecular complexity index is 733. The third kappa shape index (κ3) is 7.69. The number of carboxylic acid groups (broad SMARTS) is 1. The number of hydrogen-bond acceptors (Lipinski definition) is 5. The summed E-state index contributed by atoms with van der Waals surface area (Å²) in [5, 5.41) is 11.8. The number of thioether (sulfide) groups is 1. The number of carbonyl (C=O) groups is 4. The summed E-state index contributed by atoms with van der Waals surface area (Å²) in [6, 6.07) is -1.47. The standard InChI is InChI=1S/C16H20N2O4S.C3H7NO.2C2H6/c1-16(2)12(15(21)22)18-13(20)11(14(18)23-16)17-10(19)8-9-6-4-3-5-7-9;1-2-3(4)5;2*1-2/h4,6-7,11-12,14H,3,5,8H2,1-2H3,(H,17,19)(H,21,22);2H2,1H3,(H2,4,5);2*1-2H3/t11-,12+,14?;;;/m0.../s1. The van der Waals surface area contributed by atoms with E-state index in [1.165, 1.54) is 16.7 Å². The fourth-order valence-electron chi connectivity index (χ4n) is 3.35. The molecule has 2 aliphatic heterocycles. The van der Waals surface area contributed by atoms with Gasteiger partial charge in [-0.15, -0.1) is 11.8 Å². The predicted octanol–water partition coefficient (Wildman–Crippen LogP) is 3.22. The highest BCUT2D eigenvalue weighted by Gasteiger charge is 2.64. The molecule has 0 aromatic rings. The van der Waals surface area contributed by atoms with Gasteiger partial charge >= 0.3 is 5.97 Å². The van der Waals surface area contributed by atoms with Gasteiger partial charge in [-0.1, -0.05) is 52.8 Å². The van der Waals surface area contributed by atoms with Crippen molar-refractivity contribution in [2.24, 2.45) is 5.73 Å². The first-order valence-electron chi connectivity index (χ1n) is 11.2. The Balaban J connectivity index is 0.000000928. The Labute approximate surface area is 196 Å². The Hall–Kier alpha value is -2.29. The Morgan fingerprint density at radius 1 is 1.22 bits per heavy atom. The van der Waals surface area contributed by atoms with Crippen LogP contribution in [0.25, 0.3) is 0 Å². The van der Waals surface area contributed by atoms with Crippen molar-refractivity contribution < 1.29 is 24.3 Å². The quantitative estimate of drug-likeness (QED) is 0.530. The van der Waals surface area contributed by atoms with E-state index in [-0.39, 0.29) is 29.5 Å². The molecule has 1 unspecified atom stereocenters. The molecule has 0 bridgehead atoms. The fourth-order valence-corrected chi connectivity index (χ4v) is 4.98. The zero-order chi connectivity index (χ0) is 25.1. The Morgan fingerprint density at radius 3 is 2.22 bits per heavy atom. The predicted molar refractivity (Wildman–Crippen MR) is 129 cm³/mol. The minimum Gasteiger partial charge on any atom is -0.480 e. The van der Waals surface area contributed by atoms with Crippen molar-refractivity contribution in [3.63, 3.8) is 0 Å². The number of nitrogens with zero attached hydrogens (tertiary/aromatic N) is 1. The number of nitrogens with two attached hydrogens (primary N) is 1. The summed E-state index contributed by atoms with van der Waals surface area (Å²) < 4.78 is -0.569. The summed E-state index contributed by atoms with van der Waals surface area (Å²) in [5.41, 5.74) is 5.61.